The lowest BCUT2D eigenvalue weighted by atomic mass is 9.89. The van der Waals surface area contributed by atoms with Crippen molar-refractivity contribution >= 4 is 0 Å². The highest BCUT2D eigenvalue weighted by Crippen LogP contribution is 2.37. The number of aryl methyl sites for hydroxylation is 1. The molecule has 0 radical (unpaired) electrons. The molecule has 1 aromatic heterocycles. The summed E-state index contributed by atoms with van der Waals surface area (Å²) in [6.07, 6.45) is 4.66. The van der Waals surface area contributed by atoms with Crippen molar-refractivity contribution in [2.75, 3.05) is 46.1 Å². The smallest absolute Gasteiger partial charge is 0.331 e. The topological polar surface area (TPSA) is 81.3 Å². The van der Waals surface area contributed by atoms with Gasteiger partial charge in [0.1, 0.15) is 6.23 Å². The molecule has 3 fully saturated rings. The summed E-state index contributed by atoms with van der Waals surface area (Å²) in [6.45, 7) is 19.7. The quantitative estimate of drug-likeness (QED) is 0.363. The van der Waals surface area contributed by atoms with E-state index >= 15 is 0 Å². The van der Waals surface area contributed by atoms with E-state index < -0.39 is 0 Å². The van der Waals surface area contributed by atoms with Crippen molar-refractivity contribution in [3.63, 3.8) is 0 Å². The van der Waals surface area contributed by atoms with Crippen LogP contribution in [0.4, 0.5) is 0 Å². The number of likely N-dealkylation sites (N-methyl/N-ethyl adjacent to an activating group) is 1. The van der Waals surface area contributed by atoms with Gasteiger partial charge in [-0.25, -0.2) is 9.69 Å². The van der Waals surface area contributed by atoms with Gasteiger partial charge in [-0.05, 0) is 43.6 Å². The van der Waals surface area contributed by atoms with Crippen LogP contribution in [-0.4, -0.2) is 82.7 Å². The molecule has 196 valence electrons. The normalized spacial score (nSPS) is 21.4. The van der Waals surface area contributed by atoms with Gasteiger partial charge in [0.15, 0.2) is 6.35 Å². The zero-order valence-electron chi connectivity index (χ0n) is 22.1. The molecule has 0 aromatic carbocycles. The van der Waals surface area contributed by atoms with E-state index in [1.54, 1.807) is 0 Å². The molecular formula is C25H46N4O5. The summed E-state index contributed by atoms with van der Waals surface area (Å²) < 4.78 is 20.5. The molecule has 3 aliphatic heterocycles. The average molecular weight is 483 g/mol. The van der Waals surface area contributed by atoms with Crippen LogP contribution >= 0.6 is 0 Å². The first-order valence-electron chi connectivity index (χ1n) is 12.9. The average Bonchev–Trinajstić information content (AvgIpc) is 3.43. The van der Waals surface area contributed by atoms with Crippen molar-refractivity contribution in [1.82, 2.24) is 18.9 Å². The first-order chi connectivity index (χ1) is 16.1. The lowest BCUT2D eigenvalue weighted by Gasteiger charge is -2.44. The largest absolute Gasteiger partial charge is 0.493 e. The van der Waals surface area contributed by atoms with Gasteiger partial charge in [-0.15, -0.1) is 0 Å². The zero-order chi connectivity index (χ0) is 24.9. The van der Waals surface area contributed by atoms with Crippen molar-refractivity contribution in [1.29, 1.82) is 0 Å². The highest BCUT2D eigenvalue weighted by Gasteiger charge is 2.52. The summed E-state index contributed by atoms with van der Waals surface area (Å²) in [5.74, 6) is 0.0228. The Hall–Kier alpha value is -1.39. The molecule has 0 amide bonds. The third-order valence-corrected chi connectivity index (χ3v) is 7.03. The third-order valence-electron chi connectivity index (χ3n) is 7.03. The van der Waals surface area contributed by atoms with E-state index in [-0.39, 0.29) is 35.0 Å². The SMILES string of the molecule is CCN1CC2OC1N2CC(C)(C)CCOCCCOCCC(C)(C)Cn1c(O)cn(CC)c1=O. The van der Waals surface area contributed by atoms with E-state index in [0.717, 1.165) is 45.5 Å². The lowest BCUT2D eigenvalue weighted by molar-refractivity contribution is -0.267. The maximum absolute atomic E-state index is 12.3. The fraction of sp³-hybridized carbons (Fsp3) is 0.880. The van der Waals surface area contributed by atoms with E-state index in [9.17, 15) is 9.90 Å². The number of rotatable bonds is 16. The number of hydrogen-bond donors (Lipinski definition) is 1. The van der Waals surface area contributed by atoms with Crippen molar-refractivity contribution in [2.24, 2.45) is 10.8 Å². The Labute approximate surface area is 204 Å². The predicted molar refractivity (Wildman–Crippen MR) is 132 cm³/mol. The molecular weight excluding hydrogens is 436 g/mol. The van der Waals surface area contributed by atoms with Crippen LogP contribution in [0, 0.1) is 10.8 Å². The maximum atomic E-state index is 12.3. The van der Waals surface area contributed by atoms with Crippen LogP contribution in [0.25, 0.3) is 0 Å². The van der Waals surface area contributed by atoms with Crippen LogP contribution in [0.3, 0.4) is 0 Å². The van der Waals surface area contributed by atoms with Gasteiger partial charge in [0, 0.05) is 52.6 Å². The van der Waals surface area contributed by atoms with Crippen LogP contribution in [0.15, 0.2) is 11.0 Å². The summed E-state index contributed by atoms with van der Waals surface area (Å²) in [7, 11) is 0. The van der Waals surface area contributed by atoms with E-state index in [0.29, 0.717) is 32.9 Å². The Morgan fingerprint density at radius 2 is 1.62 bits per heavy atom. The predicted octanol–water partition coefficient (Wildman–Crippen LogP) is 2.91. The van der Waals surface area contributed by atoms with Crippen molar-refractivity contribution in [2.45, 2.75) is 86.5 Å². The fourth-order valence-electron chi connectivity index (χ4n) is 4.71. The number of ether oxygens (including phenoxy) is 3. The Kier molecular flexibility index (Phi) is 9.25. The minimum Gasteiger partial charge on any atom is -0.493 e. The number of fused-ring (bicyclic) bond motifs is 1. The number of imidazole rings is 1. The van der Waals surface area contributed by atoms with Gasteiger partial charge in [-0.1, -0.05) is 34.6 Å². The van der Waals surface area contributed by atoms with Crippen molar-refractivity contribution < 1.29 is 19.3 Å². The Balaban J connectivity index is 1.23. The van der Waals surface area contributed by atoms with Gasteiger partial charge >= 0.3 is 5.69 Å². The molecule has 2 unspecified atom stereocenters. The van der Waals surface area contributed by atoms with E-state index in [2.05, 4.69) is 44.4 Å². The molecule has 9 heteroatoms. The molecule has 2 bridgehead atoms. The Morgan fingerprint density at radius 3 is 2.15 bits per heavy atom. The molecule has 1 aromatic rings. The van der Waals surface area contributed by atoms with E-state index in [1.165, 1.54) is 15.3 Å². The minimum atomic E-state index is -0.164. The fourth-order valence-corrected chi connectivity index (χ4v) is 4.71. The molecule has 34 heavy (non-hydrogen) atoms. The second-order valence-corrected chi connectivity index (χ2v) is 11.2. The van der Waals surface area contributed by atoms with E-state index in [4.69, 9.17) is 14.2 Å². The molecule has 0 aliphatic carbocycles. The molecule has 4 rings (SSSR count). The van der Waals surface area contributed by atoms with Gasteiger partial charge in [-0.2, -0.15) is 0 Å². The first kappa shape index (κ1) is 27.2. The second kappa shape index (κ2) is 11.6. The molecule has 9 nitrogen and oxygen atoms in total. The summed E-state index contributed by atoms with van der Waals surface area (Å²) >= 11 is 0. The summed E-state index contributed by atoms with van der Waals surface area (Å²) in [6, 6.07) is 0. The number of hydrogen-bond acceptors (Lipinski definition) is 7. The molecule has 1 N–H and O–H groups in total. The number of nitrogens with zero attached hydrogens (tertiary/aromatic N) is 4. The highest BCUT2D eigenvalue weighted by molar-refractivity contribution is 5.05. The first-order valence-corrected chi connectivity index (χ1v) is 12.9. The number of aromatic nitrogens is 2. The van der Waals surface area contributed by atoms with Gasteiger partial charge in [0.25, 0.3) is 0 Å². The van der Waals surface area contributed by atoms with Crippen LogP contribution < -0.4 is 5.69 Å². The van der Waals surface area contributed by atoms with Crippen molar-refractivity contribution in [3.8, 4) is 5.88 Å². The minimum absolute atomic E-state index is 0.0228. The second-order valence-electron chi connectivity index (χ2n) is 11.2. The summed E-state index contributed by atoms with van der Waals surface area (Å²) in [5.41, 5.74) is -0.123. The van der Waals surface area contributed by atoms with Crippen LogP contribution in [0.1, 0.15) is 60.8 Å². The lowest BCUT2D eigenvalue weighted by Crippen LogP contribution is -2.57. The van der Waals surface area contributed by atoms with Crippen molar-refractivity contribution in [3.05, 3.63) is 16.7 Å². The van der Waals surface area contributed by atoms with Crippen LogP contribution in [0.5, 0.6) is 5.88 Å². The van der Waals surface area contributed by atoms with Gasteiger partial charge in [0.2, 0.25) is 5.88 Å². The molecule has 0 saturated carbocycles. The van der Waals surface area contributed by atoms with E-state index in [1.807, 2.05) is 6.92 Å². The van der Waals surface area contributed by atoms with Gasteiger partial charge < -0.3 is 19.3 Å². The summed E-state index contributed by atoms with van der Waals surface area (Å²) in [4.78, 5) is 17.1. The highest BCUT2D eigenvalue weighted by atomic mass is 16.6. The molecule has 2 atom stereocenters. The monoisotopic (exact) mass is 482 g/mol. The Morgan fingerprint density at radius 1 is 1.00 bits per heavy atom. The molecule has 4 heterocycles. The maximum Gasteiger partial charge on any atom is 0.331 e. The zero-order valence-corrected chi connectivity index (χ0v) is 22.1. The van der Waals surface area contributed by atoms with Gasteiger partial charge in [0.05, 0.1) is 6.20 Å². The number of aromatic hydroxyl groups is 1. The van der Waals surface area contributed by atoms with Crippen LogP contribution in [0.2, 0.25) is 0 Å². The Bertz CT molecular complexity index is 834. The van der Waals surface area contributed by atoms with Gasteiger partial charge in [-0.3, -0.25) is 14.0 Å². The third kappa shape index (κ3) is 6.85. The summed E-state index contributed by atoms with van der Waals surface area (Å²) in [5, 5.41) is 10.1. The van der Waals surface area contributed by atoms with Crippen LogP contribution in [-0.2, 0) is 27.3 Å². The molecule has 3 saturated heterocycles. The molecule has 3 aliphatic rings. The molecule has 0 spiro atoms. The standard InChI is InChI=1S/C25H46N4O5/c1-7-26-16-20(30)28(22(26)31)18-24(3,4)10-14-32-12-9-13-33-15-11-25(5,6)19-29-21-17-27(8-2)23(29)34-21/h16,21,23,30H,7-15,17-19H2,1-6H3.